The molecule has 4 aromatic rings. The maximum absolute atomic E-state index is 13.0. The predicted octanol–water partition coefficient (Wildman–Crippen LogP) is 3.39. The number of aromatic nitrogens is 4. The van der Waals surface area contributed by atoms with Gasteiger partial charge in [0.25, 0.3) is 0 Å². The summed E-state index contributed by atoms with van der Waals surface area (Å²) < 4.78 is 47.5. The van der Waals surface area contributed by atoms with Gasteiger partial charge in [0.1, 0.15) is 11.3 Å². The summed E-state index contributed by atoms with van der Waals surface area (Å²) in [7, 11) is -3.75. The van der Waals surface area contributed by atoms with Crippen LogP contribution in [0, 0.1) is 5.82 Å². The zero-order valence-corrected chi connectivity index (χ0v) is 21.7. The number of alkyl carbamates (subject to hydrolysis) is 1. The number of nitrogens with two attached hydrogens (primary N) is 1. The molecule has 2 aromatic heterocycles. The fourth-order valence-corrected chi connectivity index (χ4v) is 4.72. The van der Waals surface area contributed by atoms with Gasteiger partial charge in [0.15, 0.2) is 11.5 Å². The van der Waals surface area contributed by atoms with Crippen LogP contribution in [0.4, 0.5) is 15.0 Å². The van der Waals surface area contributed by atoms with E-state index in [1.54, 1.807) is 18.5 Å². The number of nitrogens with one attached hydrogen (secondary N) is 2. The molecule has 0 unspecified atom stereocenters. The average Bonchev–Trinajstić information content (AvgIpc) is 3.30. The van der Waals surface area contributed by atoms with E-state index in [4.69, 9.17) is 22.1 Å². The second-order valence-corrected chi connectivity index (χ2v) is 10.4. The van der Waals surface area contributed by atoms with Crippen LogP contribution >= 0.6 is 11.6 Å². The first-order chi connectivity index (χ1) is 18.2. The molecular weight excluding hydrogens is 537 g/mol. The fraction of sp³-hybridized carbons (Fsp3) is 0.250. The van der Waals surface area contributed by atoms with Crippen LogP contribution in [0.1, 0.15) is 24.0 Å². The number of ether oxygens (including phenoxy) is 1. The Kier molecular flexibility index (Phi) is 8.71. The molecule has 0 radical (unpaired) electrons. The van der Waals surface area contributed by atoms with Gasteiger partial charge in [-0.2, -0.15) is 9.97 Å². The lowest BCUT2D eigenvalue weighted by Gasteiger charge is -2.09. The van der Waals surface area contributed by atoms with E-state index in [1.165, 1.54) is 36.4 Å². The van der Waals surface area contributed by atoms with E-state index < -0.39 is 21.9 Å². The Morgan fingerprint density at radius 2 is 1.71 bits per heavy atom. The normalized spacial score (nSPS) is 11.5. The van der Waals surface area contributed by atoms with Crippen molar-refractivity contribution in [1.29, 1.82) is 0 Å². The number of benzene rings is 2. The number of imidazole rings is 1. The number of unbranched alkanes of at least 4 members (excludes halogenated alkanes) is 1. The van der Waals surface area contributed by atoms with Crippen molar-refractivity contribution >= 4 is 44.7 Å². The van der Waals surface area contributed by atoms with E-state index in [0.29, 0.717) is 41.7 Å². The Morgan fingerprint density at radius 1 is 1.03 bits per heavy atom. The first-order valence-electron chi connectivity index (χ1n) is 11.6. The third-order valence-corrected chi connectivity index (χ3v) is 7.13. The summed E-state index contributed by atoms with van der Waals surface area (Å²) in [6.45, 7) is 1.01. The molecule has 4 N–H and O–H groups in total. The van der Waals surface area contributed by atoms with Crippen LogP contribution in [-0.4, -0.2) is 40.6 Å². The molecule has 0 atom stereocenters. The Hall–Kier alpha value is -3.81. The number of sulfonamides is 1. The highest BCUT2D eigenvalue weighted by molar-refractivity contribution is 7.89. The first kappa shape index (κ1) is 27.2. The van der Waals surface area contributed by atoms with Crippen molar-refractivity contribution < 1.29 is 22.3 Å². The number of aryl methyl sites for hydroxylation is 1. The summed E-state index contributed by atoms with van der Waals surface area (Å²) in [6.07, 6.45) is 2.34. The van der Waals surface area contributed by atoms with Gasteiger partial charge in [-0.15, -0.1) is 0 Å². The van der Waals surface area contributed by atoms with Crippen molar-refractivity contribution in [3.8, 4) is 0 Å². The summed E-state index contributed by atoms with van der Waals surface area (Å²) >= 11 is 5.86. The number of carbonyl (C=O) groups excluding carboxylic acids is 1. The largest absolute Gasteiger partial charge is 0.450 e. The van der Waals surface area contributed by atoms with E-state index in [9.17, 15) is 17.6 Å². The number of hydrogen-bond acceptors (Lipinski definition) is 8. The van der Waals surface area contributed by atoms with Crippen LogP contribution in [0.25, 0.3) is 11.2 Å². The van der Waals surface area contributed by atoms with Crippen LogP contribution in [-0.2, 0) is 34.4 Å². The highest BCUT2D eigenvalue weighted by atomic mass is 35.5. The molecule has 0 saturated carbocycles. The minimum atomic E-state index is -3.75. The third-order valence-electron chi connectivity index (χ3n) is 5.54. The van der Waals surface area contributed by atoms with E-state index in [-0.39, 0.29) is 35.7 Å². The van der Waals surface area contributed by atoms with Gasteiger partial charge in [-0.3, -0.25) is 0 Å². The van der Waals surface area contributed by atoms with Crippen molar-refractivity contribution in [1.82, 2.24) is 29.6 Å². The summed E-state index contributed by atoms with van der Waals surface area (Å²) in [5.74, 6) is -0.175. The molecule has 14 heteroatoms. The number of nitrogens with zero attached hydrogens (tertiary/aromatic N) is 4. The van der Waals surface area contributed by atoms with Crippen LogP contribution in [0.3, 0.4) is 0 Å². The second kappa shape index (κ2) is 12.2. The minimum absolute atomic E-state index is 0.0357. The van der Waals surface area contributed by atoms with Gasteiger partial charge in [0.2, 0.25) is 15.3 Å². The molecule has 38 heavy (non-hydrogen) atoms. The zero-order chi connectivity index (χ0) is 27.1. The van der Waals surface area contributed by atoms with Crippen LogP contribution in [0.5, 0.6) is 0 Å². The molecule has 0 fully saturated rings. The van der Waals surface area contributed by atoms with E-state index in [2.05, 4.69) is 25.0 Å². The number of rotatable bonds is 11. The number of carbonyl (C=O) groups is 1. The van der Waals surface area contributed by atoms with Crippen molar-refractivity contribution in [2.45, 2.75) is 37.4 Å². The Labute approximate surface area is 223 Å². The zero-order valence-electron chi connectivity index (χ0n) is 20.1. The molecule has 0 aliphatic heterocycles. The van der Waals surface area contributed by atoms with Crippen molar-refractivity contribution in [3.63, 3.8) is 0 Å². The average molecular weight is 562 g/mol. The molecule has 2 aromatic carbocycles. The Balaban J connectivity index is 1.16. The number of hydrogen-bond donors (Lipinski definition) is 3. The molecule has 200 valence electrons. The molecule has 4 rings (SSSR count). The van der Waals surface area contributed by atoms with Gasteiger partial charge in [-0.05, 0) is 59.8 Å². The lowest BCUT2D eigenvalue weighted by molar-refractivity contribution is 0.143. The topological polar surface area (TPSA) is 154 Å². The number of anilines is 1. The highest BCUT2D eigenvalue weighted by Crippen LogP contribution is 2.18. The highest BCUT2D eigenvalue weighted by Gasteiger charge is 2.14. The van der Waals surface area contributed by atoms with Gasteiger partial charge in [-0.1, -0.05) is 24.3 Å². The van der Waals surface area contributed by atoms with Crippen LogP contribution in [0.2, 0.25) is 5.28 Å². The van der Waals surface area contributed by atoms with Gasteiger partial charge in [0.05, 0.1) is 17.8 Å². The second-order valence-electron chi connectivity index (χ2n) is 8.28. The van der Waals surface area contributed by atoms with Gasteiger partial charge < -0.3 is 20.4 Å². The molecule has 11 nitrogen and oxygen atoms in total. The maximum Gasteiger partial charge on any atom is 0.407 e. The molecule has 0 bridgehead atoms. The molecule has 0 spiro atoms. The minimum Gasteiger partial charge on any atom is -0.450 e. The van der Waals surface area contributed by atoms with E-state index in [1.807, 2.05) is 4.57 Å². The standard InChI is InChI=1S/C24H25ClFN7O4S/c25-23-31-21(27)20-22(32-23)33(15-29-20)11-1-2-12-37-24(34)28-13-16-5-9-19(10-6-16)38(35,36)30-14-17-3-7-18(26)8-4-17/h3-10,15,30H,1-2,11-14H2,(H,28,34)(H2,27,31,32). The fourth-order valence-electron chi connectivity index (χ4n) is 3.53. The maximum atomic E-state index is 13.0. The molecule has 0 aliphatic rings. The summed E-state index contributed by atoms with van der Waals surface area (Å²) in [6, 6.07) is 11.6. The SMILES string of the molecule is Nc1nc(Cl)nc2c1ncn2CCCCOC(=O)NCc1ccc(S(=O)(=O)NCc2ccc(F)cc2)cc1. The van der Waals surface area contributed by atoms with Crippen molar-refractivity contribution in [2.24, 2.45) is 0 Å². The molecule has 2 heterocycles. The molecular formula is C24H25ClFN7O4S. The monoisotopic (exact) mass is 561 g/mol. The summed E-state index contributed by atoms with van der Waals surface area (Å²) in [5, 5.41) is 2.68. The van der Waals surface area contributed by atoms with Gasteiger partial charge in [-0.25, -0.2) is 27.3 Å². The summed E-state index contributed by atoms with van der Waals surface area (Å²) in [5.41, 5.74) is 8.16. The third kappa shape index (κ3) is 7.15. The van der Waals surface area contributed by atoms with Gasteiger partial charge in [0, 0.05) is 19.6 Å². The van der Waals surface area contributed by atoms with Gasteiger partial charge >= 0.3 is 6.09 Å². The lowest BCUT2D eigenvalue weighted by atomic mass is 10.2. The van der Waals surface area contributed by atoms with E-state index in [0.717, 1.165) is 0 Å². The number of halogens is 2. The number of nitrogen functional groups attached to an aromatic ring is 1. The Bertz CT molecular complexity index is 1510. The lowest BCUT2D eigenvalue weighted by Crippen LogP contribution is -2.25. The van der Waals surface area contributed by atoms with Crippen LogP contribution < -0.4 is 15.8 Å². The smallest absolute Gasteiger partial charge is 0.407 e. The molecule has 0 saturated heterocycles. The molecule has 0 aliphatic carbocycles. The first-order valence-corrected chi connectivity index (χ1v) is 13.4. The molecule has 1 amide bonds. The van der Waals surface area contributed by atoms with Crippen molar-refractivity contribution in [3.05, 3.63) is 77.1 Å². The van der Waals surface area contributed by atoms with Crippen molar-refractivity contribution in [2.75, 3.05) is 12.3 Å². The van der Waals surface area contributed by atoms with E-state index >= 15 is 0 Å². The predicted molar refractivity (Wildman–Crippen MR) is 139 cm³/mol. The van der Waals surface area contributed by atoms with Crippen LogP contribution in [0.15, 0.2) is 59.8 Å². The number of amides is 1. The summed E-state index contributed by atoms with van der Waals surface area (Å²) in [4.78, 5) is 24.3. The number of fused-ring (bicyclic) bond motifs is 1. The quantitative estimate of drug-likeness (QED) is 0.186. The Morgan fingerprint density at radius 3 is 2.45 bits per heavy atom.